The molecular weight excluding hydrogens is 500 g/mol. The third-order valence-corrected chi connectivity index (χ3v) is 7.68. The van der Waals surface area contributed by atoms with Crippen molar-refractivity contribution in [1.82, 2.24) is 9.97 Å². The second-order valence-corrected chi connectivity index (χ2v) is 10.2. The van der Waals surface area contributed by atoms with Crippen LogP contribution >= 0.6 is 0 Å². The van der Waals surface area contributed by atoms with Gasteiger partial charge in [-0.3, -0.25) is 0 Å². The molecule has 2 heterocycles. The van der Waals surface area contributed by atoms with Crippen LogP contribution in [0.5, 0.6) is 0 Å². The zero-order valence-corrected chi connectivity index (χ0v) is 22.2. The fraction of sp³-hybridized carbons (Fsp3) is 0. The molecule has 0 aliphatic heterocycles. The van der Waals surface area contributed by atoms with Crippen molar-refractivity contribution in [1.29, 1.82) is 0 Å². The molecule has 6 aromatic carbocycles. The highest BCUT2D eigenvalue weighted by Crippen LogP contribution is 2.43. The number of fused-ring (bicyclic) bond motifs is 4. The number of nitrogens with zero attached hydrogens (tertiary/aromatic N) is 2. The van der Waals surface area contributed by atoms with E-state index in [0.29, 0.717) is 5.82 Å². The van der Waals surface area contributed by atoms with Gasteiger partial charge in [0.25, 0.3) is 0 Å². The molecule has 0 spiro atoms. The van der Waals surface area contributed by atoms with Crippen molar-refractivity contribution in [2.75, 3.05) is 0 Å². The Hall–Kier alpha value is -5.54. The lowest BCUT2D eigenvalue weighted by atomic mass is 9.95. The van der Waals surface area contributed by atoms with Crippen LogP contribution in [-0.2, 0) is 0 Å². The van der Waals surface area contributed by atoms with Crippen LogP contribution in [0.2, 0.25) is 0 Å². The number of rotatable bonds is 4. The van der Waals surface area contributed by atoms with Gasteiger partial charge in [-0.05, 0) is 46.2 Å². The Balaban J connectivity index is 1.45. The van der Waals surface area contributed by atoms with Crippen LogP contribution in [0.4, 0.5) is 0 Å². The number of hydrogen-bond acceptors (Lipinski definition) is 3. The fourth-order valence-electron chi connectivity index (χ4n) is 5.68. The summed E-state index contributed by atoms with van der Waals surface area (Å²) < 4.78 is 6.74. The van der Waals surface area contributed by atoms with Crippen LogP contribution in [0.1, 0.15) is 0 Å². The van der Waals surface area contributed by atoms with Gasteiger partial charge in [-0.15, -0.1) is 0 Å². The summed E-state index contributed by atoms with van der Waals surface area (Å²) in [4.78, 5) is 10.1. The van der Waals surface area contributed by atoms with Gasteiger partial charge in [-0.25, -0.2) is 9.97 Å². The van der Waals surface area contributed by atoms with Gasteiger partial charge in [0.2, 0.25) is 0 Å². The van der Waals surface area contributed by atoms with E-state index in [1.165, 1.54) is 5.39 Å². The summed E-state index contributed by atoms with van der Waals surface area (Å²) in [6.45, 7) is 0. The molecule has 3 heteroatoms. The SMILES string of the molecule is c1ccc(-c2cc(-c3ccc(-c4ccccc4)c4c3oc3cc5ccccc5cc34)nc(-c3ccccc3)n2)cc1. The lowest BCUT2D eigenvalue weighted by Crippen LogP contribution is -1.96. The van der Waals surface area contributed by atoms with Crippen molar-refractivity contribution < 1.29 is 4.42 Å². The van der Waals surface area contributed by atoms with Crippen molar-refractivity contribution in [3.63, 3.8) is 0 Å². The number of aromatic nitrogens is 2. The van der Waals surface area contributed by atoms with E-state index in [-0.39, 0.29) is 0 Å². The predicted octanol–water partition coefficient (Wildman–Crippen LogP) is 10.2. The standard InChI is InChI=1S/C38H24N2O/c1-4-12-25(13-5-1)30-20-21-31(37-36(30)32-22-28-18-10-11-19-29(28)23-35(32)41-37)34-24-33(26-14-6-2-7-15-26)39-38(40-34)27-16-8-3-9-17-27/h1-24H. The van der Waals surface area contributed by atoms with Crippen molar-refractivity contribution in [2.45, 2.75) is 0 Å². The molecule has 192 valence electrons. The molecule has 0 aliphatic carbocycles. The van der Waals surface area contributed by atoms with Crippen LogP contribution in [-0.4, -0.2) is 9.97 Å². The predicted molar refractivity (Wildman–Crippen MR) is 169 cm³/mol. The van der Waals surface area contributed by atoms with E-state index in [1.54, 1.807) is 0 Å². The molecule has 0 atom stereocenters. The Bertz CT molecular complexity index is 2130. The maximum Gasteiger partial charge on any atom is 0.160 e. The fourth-order valence-corrected chi connectivity index (χ4v) is 5.68. The van der Waals surface area contributed by atoms with Crippen LogP contribution in [0.25, 0.3) is 77.7 Å². The van der Waals surface area contributed by atoms with Gasteiger partial charge in [-0.2, -0.15) is 0 Å². The first kappa shape index (κ1) is 23.4. The van der Waals surface area contributed by atoms with E-state index < -0.39 is 0 Å². The summed E-state index contributed by atoms with van der Waals surface area (Å²) in [6, 6.07) is 50.2. The van der Waals surface area contributed by atoms with E-state index in [4.69, 9.17) is 14.4 Å². The highest BCUT2D eigenvalue weighted by molar-refractivity contribution is 6.18. The molecule has 0 radical (unpaired) electrons. The minimum atomic E-state index is 0.684. The quantitative estimate of drug-likeness (QED) is 0.230. The molecule has 8 rings (SSSR count). The molecule has 0 bridgehead atoms. The molecule has 0 amide bonds. The zero-order valence-electron chi connectivity index (χ0n) is 22.2. The van der Waals surface area contributed by atoms with Crippen molar-refractivity contribution >= 4 is 32.7 Å². The first-order valence-electron chi connectivity index (χ1n) is 13.8. The van der Waals surface area contributed by atoms with Crippen molar-refractivity contribution in [3.8, 4) is 45.0 Å². The zero-order chi connectivity index (χ0) is 27.2. The Labute approximate surface area is 237 Å². The number of furan rings is 1. The molecule has 0 unspecified atom stereocenters. The Morgan fingerprint density at radius 1 is 0.439 bits per heavy atom. The summed E-state index contributed by atoms with van der Waals surface area (Å²) in [5.41, 5.74) is 8.63. The number of hydrogen-bond donors (Lipinski definition) is 0. The van der Waals surface area contributed by atoms with Gasteiger partial charge in [0.05, 0.1) is 11.4 Å². The monoisotopic (exact) mass is 524 g/mol. The summed E-state index contributed by atoms with van der Waals surface area (Å²) >= 11 is 0. The van der Waals surface area contributed by atoms with Gasteiger partial charge in [0.1, 0.15) is 11.2 Å². The summed E-state index contributed by atoms with van der Waals surface area (Å²) in [6.07, 6.45) is 0. The van der Waals surface area contributed by atoms with E-state index in [0.717, 1.165) is 66.5 Å². The first-order valence-corrected chi connectivity index (χ1v) is 13.8. The van der Waals surface area contributed by atoms with Crippen molar-refractivity contribution in [3.05, 3.63) is 146 Å². The molecule has 41 heavy (non-hydrogen) atoms. The summed E-state index contributed by atoms with van der Waals surface area (Å²) in [5.74, 6) is 0.684. The molecule has 0 aliphatic rings. The van der Waals surface area contributed by atoms with E-state index in [1.807, 2.05) is 42.5 Å². The van der Waals surface area contributed by atoms with Gasteiger partial charge >= 0.3 is 0 Å². The largest absolute Gasteiger partial charge is 0.455 e. The second kappa shape index (κ2) is 9.58. The van der Waals surface area contributed by atoms with Crippen molar-refractivity contribution in [2.24, 2.45) is 0 Å². The maximum absolute atomic E-state index is 6.74. The maximum atomic E-state index is 6.74. The average Bonchev–Trinajstić information content (AvgIpc) is 3.42. The Kier molecular flexibility index (Phi) is 5.46. The normalized spacial score (nSPS) is 11.4. The molecule has 0 saturated carbocycles. The smallest absolute Gasteiger partial charge is 0.160 e. The van der Waals surface area contributed by atoms with Crippen LogP contribution in [0.15, 0.2) is 150 Å². The Morgan fingerprint density at radius 3 is 1.71 bits per heavy atom. The average molecular weight is 525 g/mol. The minimum absolute atomic E-state index is 0.684. The summed E-state index contributed by atoms with van der Waals surface area (Å²) in [5, 5.41) is 4.53. The third-order valence-electron chi connectivity index (χ3n) is 7.68. The molecule has 2 aromatic heterocycles. The van der Waals surface area contributed by atoms with Gasteiger partial charge in [0.15, 0.2) is 5.82 Å². The van der Waals surface area contributed by atoms with E-state index in [9.17, 15) is 0 Å². The van der Waals surface area contributed by atoms with Crippen LogP contribution in [0, 0.1) is 0 Å². The van der Waals surface area contributed by atoms with Crippen LogP contribution < -0.4 is 0 Å². The number of benzene rings is 6. The molecule has 3 nitrogen and oxygen atoms in total. The van der Waals surface area contributed by atoms with E-state index in [2.05, 4.69) is 103 Å². The third kappa shape index (κ3) is 4.07. The highest BCUT2D eigenvalue weighted by atomic mass is 16.3. The minimum Gasteiger partial charge on any atom is -0.455 e. The molecule has 0 N–H and O–H groups in total. The molecule has 8 aromatic rings. The lowest BCUT2D eigenvalue weighted by Gasteiger charge is -2.11. The Morgan fingerprint density at radius 2 is 1.00 bits per heavy atom. The molecular formula is C38H24N2O. The first-order chi connectivity index (χ1) is 20.3. The van der Waals surface area contributed by atoms with Crippen LogP contribution in [0.3, 0.4) is 0 Å². The highest BCUT2D eigenvalue weighted by Gasteiger charge is 2.20. The van der Waals surface area contributed by atoms with Gasteiger partial charge in [-0.1, -0.05) is 121 Å². The van der Waals surface area contributed by atoms with Gasteiger partial charge < -0.3 is 4.42 Å². The van der Waals surface area contributed by atoms with E-state index >= 15 is 0 Å². The molecule has 0 fully saturated rings. The molecule has 0 saturated heterocycles. The summed E-state index contributed by atoms with van der Waals surface area (Å²) in [7, 11) is 0. The topological polar surface area (TPSA) is 38.9 Å². The lowest BCUT2D eigenvalue weighted by molar-refractivity contribution is 0.670. The second-order valence-electron chi connectivity index (χ2n) is 10.2. The van der Waals surface area contributed by atoms with Gasteiger partial charge in [0, 0.05) is 27.5 Å².